The molecule has 0 aliphatic rings. The molecule has 0 radical (unpaired) electrons. The van der Waals surface area contributed by atoms with Gasteiger partial charge in [0, 0.05) is 12.4 Å². The Labute approximate surface area is 97.5 Å². The van der Waals surface area contributed by atoms with E-state index in [-0.39, 0.29) is 12.1 Å². The number of hydrogen-bond acceptors (Lipinski definition) is 3. The topological polar surface area (TPSA) is 54.9 Å². The molecule has 0 bridgehead atoms. The van der Waals surface area contributed by atoms with E-state index < -0.39 is 11.9 Å². The van der Waals surface area contributed by atoms with Crippen LogP contribution in [0.15, 0.2) is 42.7 Å². The van der Waals surface area contributed by atoms with Gasteiger partial charge in [-0.1, -0.05) is 6.07 Å². The molecule has 2 rings (SSSR count). The zero-order chi connectivity index (χ0) is 12.1. The zero-order valence-corrected chi connectivity index (χ0v) is 8.93. The van der Waals surface area contributed by atoms with Crippen molar-refractivity contribution in [3.05, 3.63) is 59.9 Å². The van der Waals surface area contributed by atoms with Gasteiger partial charge in [0.15, 0.2) is 0 Å². The van der Waals surface area contributed by atoms with E-state index in [1.165, 1.54) is 18.3 Å². The van der Waals surface area contributed by atoms with Gasteiger partial charge in [0.1, 0.15) is 0 Å². The molecule has 1 amide bonds. The van der Waals surface area contributed by atoms with Gasteiger partial charge in [-0.05, 0) is 24.3 Å². The van der Waals surface area contributed by atoms with Crippen LogP contribution in [0.1, 0.15) is 16.1 Å². The summed E-state index contributed by atoms with van der Waals surface area (Å²) in [5, 5.41) is 2.57. The van der Waals surface area contributed by atoms with Crippen LogP contribution in [-0.4, -0.2) is 15.9 Å². The summed E-state index contributed by atoms with van der Waals surface area (Å²) in [6.45, 7) is 0.258. The summed E-state index contributed by atoms with van der Waals surface area (Å²) in [6, 6.07) is 8.28. The third kappa shape index (κ3) is 2.84. The predicted octanol–water partition coefficient (Wildman–Crippen LogP) is 1.55. The summed E-state index contributed by atoms with van der Waals surface area (Å²) >= 11 is 0. The second-order valence-corrected chi connectivity index (χ2v) is 3.35. The molecule has 4 nitrogen and oxygen atoms in total. The number of nitrogens with one attached hydrogen (secondary N) is 1. The largest absolute Gasteiger partial charge is 0.346 e. The Bertz CT molecular complexity index is 516. The molecule has 0 saturated heterocycles. The number of hydrogen-bond donors (Lipinski definition) is 1. The minimum Gasteiger partial charge on any atom is -0.346 e. The first-order valence-corrected chi connectivity index (χ1v) is 5.06. The Morgan fingerprint density at radius 3 is 2.71 bits per heavy atom. The molecule has 0 unspecified atom stereocenters. The maximum absolute atomic E-state index is 13.2. The van der Waals surface area contributed by atoms with Crippen LogP contribution < -0.4 is 5.32 Å². The normalized spacial score (nSPS) is 9.94. The van der Waals surface area contributed by atoms with Gasteiger partial charge in [-0.15, -0.1) is 0 Å². The molecule has 0 atom stereocenters. The van der Waals surface area contributed by atoms with Crippen molar-refractivity contribution in [3.8, 4) is 0 Å². The summed E-state index contributed by atoms with van der Waals surface area (Å²) in [5.41, 5.74) is 0.647. The van der Waals surface area contributed by atoms with E-state index in [2.05, 4.69) is 15.3 Å². The Morgan fingerprint density at radius 2 is 2.00 bits per heavy atom. The number of halogens is 1. The lowest BCUT2D eigenvalue weighted by molar-refractivity contribution is 0.0945. The first kappa shape index (κ1) is 11.2. The highest BCUT2D eigenvalue weighted by molar-refractivity contribution is 5.93. The fraction of sp³-hybridized carbons (Fsp3) is 0.0833. The average molecular weight is 231 g/mol. The average Bonchev–Trinajstić information content (AvgIpc) is 2.38. The van der Waals surface area contributed by atoms with Crippen LogP contribution in [0.5, 0.6) is 0 Å². The van der Waals surface area contributed by atoms with Gasteiger partial charge >= 0.3 is 0 Å². The fourth-order valence-electron chi connectivity index (χ4n) is 1.32. The molecule has 0 aromatic carbocycles. The number of nitrogens with zero attached hydrogens (tertiary/aromatic N) is 2. The quantitative estimate of drug-likeness (QED) is 0.815. The highest BCUT2D eigenvalue weighted by atomic mass is 19.1. The molecule has 86 valence electrons. The third-order valence-electron chi connectivity index (χ3n) is 2.16. The summed E-state index contributed by atoms with van der Waals surface area (Å²) in [7, 11) is 0. The first-order chi connectivity index (χ1) is 8.27. The van der Waals surface area contributed by atoms with E-state index in [9.17, 15) is 9.18 Å². The van der Waals surface area contributed by atoms with E-state index in [0.717, 1.165) is 0 Å². The van der Waals surface area contributed by atoms with Crippen LogP contribution >= 0.6 is 0 Å². The smallest absolute Gasteiger partial charge is 0.256 e. The lowest BCUT2D eigenvalue weighted by Crippen LogP contribution is -2.24. The SMILES string of the molecule is O=C(NCc1ccccn1)c1cccnc1F. The molecule has 0 saturated carbocycles. The van der Waals surface area contributed by atoms with Crippen LogP contribution in [0.3, 0.4) is 0 Å². The molecular weight excluding hydrogens is 221 g/mol. The van der Waals surface area contributed by atoms with Gasteiger partial charge in [-0.2, -0.15) is 4.39 Å². The van der Waals surface area contributed by atoms with Crippen LogP contribution in [0, 0.1) is 5.95 Å². The maximum Gasteiger partial charge on any atom is 0.256 e. The Hall–Kier alpha value is -2.30. The second kappa shape index (κ2) is 5.16. The molecule has 1 N–H and O–H groups in total. The molecule has 0 spiro atoms. The van der Waals surface area contributed by atoms with Crippen molar-refractivity contribution in [2.45, 2.75) is 6.54 Å². The summed E-state index contributed by atoms with van der Waals surface area (Å²) in [4.78, 5) is 19.1. The summed E-state index contributed by atoms with van der Waals surface area (Å²) in [5.74, 6) is -1.27. The van der Waals surface area contributed by atoms with Crippen molar-refractivity contribution >= 4 is 5.91 Å². The van der Waals surface area contributed by atoms with Crippen LogP contribution in [-0.2, 0) is 6.54 Å². The van der Waals surface area contributed by atoms with Crippen molar-refractivity contribution in [1.29, 1.82) is 0 Å². The van der Waals surface area contributed by atoms with Gasteiger partial charge in [-0.25, -0.2) is 4.98 Å². The van der Waals surface area contributed by atoms with Gasteiger partial charge in [0.05, 0.1) is 17.8 Å². The standard InChI is InChI=1S/C12H10FN3O/c13-11-10(5-3-7-15-11)12(17)16-8-9-4-1-2-6-14-9/h1-7H,8H2,(H,16,17). The van der Waals surface area contributed by atoms with Crippen LogP contribution in [0.2, 0.25) is 0 Å². The number of aromatic nitrogens is 2. The fourth-order valence-corrected chi connectivity index (χ4v) is 1.32. The van der Waals surface area contributed by atoms with E-state index in [1.54, 1.807) is 18.3 Å². The van der Waals surface area contributed by atoms with Gasteiger partial charge in [0.25, 0.3) is 5.91 Å². The summed E-state index contributed by atoms with van der Waals surface area (Å²) in [6.07, 6.45) is 2.93. The second-order valence-electron chi connectivity index (χ2n) is 3.35. The van der Waals surface area contributed by atoms with Crippen molar-refractivity contribution in [1.82, 2.24) is 15.3 Å². The van der Waals surface area contributed by atoms with E-state index in [0.29, 0.717) is 5.69 Å². The molecule has 0 aliphatic heterocycles. The van der Waals surface area contributed by atoms with E-state index >= 15 is 0 Å². The number of amides is 1. The van der Waals surface area contributed by atoms with Gasteiger partial charge < -0.3 is 5.32 Å². The predicted molar refractivity (Wildman–Crippen MR) is 59.6 cm³/mol. The van der Waals surface area contributed by atoms with Crippen LogP contribution in [0.4, 0.5) is 4.39 Å². The molecule has 0 fully saturated rings. The monoisotopic (exact) mass is 231 g/mol. The Kier molecular flexibility index (Phi) is 3.40. The Morgan fingerprint density at radius 1 is 1.18 bits per heavy atom. The number of pyridine rings is 2. The minimum atomic E-state index is -0.772. The highest BCUT2D eigenvalue weighted by Crippen LogP contribution is 2.03. The van der Waals surface area contributed by atoms with Crippen molar-refractivity contribution in [3.63, 3.8) is 0 Å². The first-order valence-electron chi connectivity index (χ1n) is 5.06. The highest BCUT2D eigenvalue weighted by Gasteiger charge is 2.11. The van der Waals surface area contributed by atoms with Crippen LogP contribution in [0.25, 0.3) is 0 Å². The zero-order valence-electron chi connectivity index (χ0n) is 8.93. The molecular formula is C12H10FN3O. The molecule has 2 aromatic heterocycles. The van der Waals surface area contributed by atoms with E-state index in [1.807, 2.05) is 6.07 Å². The number of carbonyl (C=O) groups is 1. The van der Waals surface area contributed by atoms with Gasteiger partial charge in [-0.3, -0.25) is 9.78 Å². The molecule has 2 heterocycles. The number of carbonyl (C=O) groups excluding carboxylic acids is 1. The molecule has 17 heavy (non-hydrogen) atoms. The number of rotatable bonds is 3. The maximum atomic E-state index is 13.2. The molecule has 5 heteroatoms. The van der Waals surface area contributed by atoms with Crippen molar-refractivity contribution < 1.29 is 9.18 Å². The van der Waals surface area contributed by atoms with Crippen molar-refractivity contribution in [2.75, 3.05) is 0 Å². The Balaban J connectivity index is 2.01. The van der Waals surface area contributed by atoms with Gasteiger partial charge in [0.2, 0.25) is 5.95 Å². The van der Waals surface area contributed by atoms with Crippen molar-refractivity contribution in [2.24, 2.45) is 0 Å². The molecule has 0 aliphatic carbocycles. The minimum absolute atomic E-state index is 0.0663. The lowest BCUT2D eigenvalue weighted by Gasteiger charge is -2.04. The summed E-state index contributed by atoms with van der Waals surface area (Å²) < 4.78 is 13.2. The van der Waals surface area contributed by atoms with E-state index in [4.69, 9.17) is 0 Å². The molecule has 2 aromatic rings. The third-order valence-corrected chi connectivity index (χ3v) is 2.16. The lowest BCUT2D eigenvalue weighted by atomic mass is 10.2.